The van der Waals surface area contributed by atoms with Crippen LogP contribution in [0.4, 0.5) is 0 Å². The second-order valence-corrected chi connectivity index (χ2v) is 7.32. The van der Waals surface area contributed by atoms with Crippen LogP contribution < -0.4 is 5.32 Å². The first-order valence-corrected chi connectivity index (χ1v) is 8.05. The number of hydrogen-bond donors (Lipinski definition) is 1. The molecule has 0 aromatic rings. The standard InChI is InChI=1S/C16H26N2O2/c1-4-7-16(8-9-16)10-18-11(2)13(19)17-15(3,14(18)20)12-5-6-12/h11-12H,4-10H2,1-3H3,(H,17,19). The van der Waals surface area contributed by atoms with Gasteiger partial charge < -0.3 is 10.2 Å². The topological polar surface area (TPSA) is 49.4 Å². The number of piperazine rings is 1. The molecule has 112 valence electrons. The minimum atomic E-state index is -0.647. The van der Waals surface area contributed by atoms with E-state index in [1.54, 1.807) is 0 Å². The SMILES string of the molecule is CCCC1(CN2C(=O)C(C)(C3CC3)NC(=O)C2C)CC1. The summed E-state index contributed by atoms with van der Waals surface area (Å²) in [6.07, 6.45) is 6.86. The molecule has 2 atom stereocenters. The largest absolute Gasteiger partial charge is 0.340 e. The molecular weight excluding hydrogens is 252 g/mol. The Morgan fingerprint density at radius 3 is 2.45 bits per heavy atom. The van der Waals surface area contributed by atoms with Gasteiger partial charge in [-0.15, -0.1) is 0 Å². The lowest BCUT2D eigenvalue weighted by atomic mass is 9.88. The highest BCUT2D eigenvalue weighted by Crippen LogP contribution is 2.51. The van der Waals surface area contributed by atoms with Crippen LogP contribution in [0, 0.1) is 11.3 Å². The summed E-state index contributed by atoms with van der Waals surface area (Å²) in [6, 6.07) is -0.316. The lowest BCUT2D eigenvalue weighted by molar-refractivity contribution is -0.155. The number of hydrogen-bond acceptors (Lipinski definition) is 2. The summed E-state index contributed by atoms with van der Waals surface area (Å²) in [6.45, 7) is 6.75. The molecule has 0 bridgehead atoms. The first kappa shape index (κ1) is 13.9. The van der Waals surface area contributed by atoms with Gasteiger partial charge in [0.1, 0.15) is 11.6 Å². The Hall–Kier alpha value is -1.06. The average Bonchev–Trinajstić information content (AvgIpc) is 3.27. The maximum absolute atomic E-state index is 12.9. The summed E-state index contributed by atoms with van der Waals surface area (Å²) in [7, 11) is 0. The van der Waals surface area contributed by atoms with Gasteiger partial charge in [0, 0.05) is 6.54 Å². The highest BCUT2D eigenvalue weighted by molar-refractivity contribution is 5.99. The van der Waals surface area contributed by atoms with Crippen LogP contribution in [0.25, 0.3) is 0 Å². The third-order valence-electron chi connectivity index (χ3n) is 5.57. The summed E-state index contributed by atoms with van der Waals surface area (Å²) in [5.41, 5.74) is -0.341. The average molecular weight is 278 g/mol. The fourth-order valence-corrected chi connectivity index (χ4v) is 3.73. The lowest BCUT2D eigenvalue weighted by Crippen LogP contribution is -2.70. The molecule has 3 fully saturated rings. The van der Waals surface area contributed by atoms with E-state index in [-0.39, 0.29) is 17.9 Å². The van der Waals surface area contributed by atoms with Gasteiger partial charge in [0.25, 0.3) is 0 Å². The van der Waals surface area contributed by atoms with E-state index in [0.717, 1.165) is 25.8 Å². The molecule has 1 aliphatic heterocycles. The minimum Gasteiger partial charge on any atom is -0.340 e. The molecule has 3 aliphatic rings. The summed E-state index contributed by atoms with van der Waals surface area (Å²) in [5.74, 6) is 0.510. The van der Waals surface area contributed by atoms with E-state index in [1.807, 2.05) is 18.7 Å². The Morgan fingerprint density at radius 2 is 1.95 bits per heavy atom. The van der Waals surface area contributed by atoms with Crippen LogP contribution in [-0.2, 0) is 9.59 Å². The summed E-state index contributed by atoms with van der Waals surface area (Å²) in [5, 5.41) is 2.99. The molecule has 2 saturated carbocycles. The zero-order valence-electron chi connectivity index (χ0n) is 12.9. The molecule has 2 amide bonds. The second kappa shape index (κ2) is 4.47. The van der Waals surface area contributed by atoms with Crippen LogP contribution in [0.15, 0.2) is 0 Å². The van der Waals surface area contributed by atoms with E-state index in [0.29, 0.717) is 11.3 Å². The predicted molar refractivity (Wildman–Crippen MR) is 77.0 cm³/mol. The molecule has 2 aliphatic carbocycles. The summed E-state index contributed by atoms with van der Waals surface area (Å²) < 4.78 is 0. The zero-order chi connectivity index (χ0) is 14.5. The smallest absolute Gasteiger partial charge is 0.249 e. The van der Waals surface area contributed by atoms with Gasteiger partial charge in [0.2, 0.25) is 11.8 Å². The molecule has 4 nitrogen and oxygen atoms in total. The van der Waals surface area contributed by atoms with Gasteiger partial charge in [-0.3, -0.25) is 9.59 Å². The third-order valence-corrected chi connectivity index (χ3v) is 5.57. The Bertz CT molecular complexity index is 440. The van der Waals surface area contributed by atoms with E-state index >= 15 is 0 Å². The van der Waals surface area contributed by atoms with Crippen molar-refractivity contribution in [3.8, 4) is 0 Å². The van der Waals surface area contributed by atoms with E-state index in [2.05, 4.69) is 12.2 Å². The minimum absolute atomic E-state index is 0.0197. The van der Waals surface area contributed by atoms with Crippen LogP contribution in [0.5, 0.6) is 0 Å². The predicted octanol–water partition coefficient (Wildman–Crippen LogP) is 2.08. The highest BCUT2D eigenvalue weighted by atomic mass is 16.2. The second-order valence-electron chi connectivity index (χ2n) is 7.32. The number of nitrogens with zero attached hydrogens (tertiary/aromatic N) is 1. The molecule has 20 heavy (non-hydrogen) atoms. The van der Waals surface area contributed by atoms with Gasteiger partial charge in [-0.25, -0.2) is 0 Å². The van der Waals surface area contributed by atoms with Gasteiger partial charge >= 0.3 is 0 Å². The number of carbonyl (C=O) groups is 2. The van der Waals surface area contributed by atoms with Crippen molar-refractivity contribution in [1.29, 1.82) is 0 Å². The Balaban J connectivity index is 1.80. The molecule has 0 aromatic carbocycles. The van der Waals surface area contributed by atoms with Crippen LogP contribution in [0.1, 0.15) is 59.3 Å². The zero-order valence-corrected chi connectivity index (χ0v) is 12.9. The quantitative estimate of drug-likeness (QED) is 0.837. The van der Waals surface area contributed by atoms with Crippen molar-refractivity contribution in [2.75, 3.05) is 6.54 Å². The highest BCUT2D eigenvalue weighted by Gasteiger charge is 2.56. The monoisotopic (exact) mass is 278 g/mol. The Kier molecular flexibility index (Phi) is 3.11. The van der Waals surface area contributed by atoms with Gasteiger partial charge in [0.15, 0.2) is 0 Å². The molecule has 1 heterocycles. The molecule has 1 N–H and O–H groups in total. The molecular formula is C16H26N2O2. The molecule has 4 heteroatoms. The number of nitrogens with one attached hydrogen (secondary N) is 1. The maximum atomic E-state index is 12.9. The number of amides is 2. The van der Waals surface area contributed by atoms with Crippen molar-refractivity contribution >= 4 is 11.8 Å². The van der Waals surface area contributed by atoms with Crippen molar-refractivity contribution in [1.82, 2.24) is 10.2 Å². The van der Waals surface area contributed by atoms with Crippen LogP contribution >= 0.6 is 0 Å². The van der Waals surface area contributed by atoms with Crippen molar-refractivity contribution in [3.63, 3.8) is 0 Å². The van der Waals surface area contributed by atoms with E-state index < -0.39 is 5.54 Å². The number of rotatable bonds is 5. The van der Waals surface area contributed by atoms with Crippen molar-refractivity contribution in [2.24, 2.45) is 11.3 Å². The van der Waals surface area contributed by atoms with Crippen molar-refractivity contribution in [3.05, 3.63) is 0 Å². The normalized spacial score (nSPS) is 36.0. The van der Waals surface area contributed by atoms with E-state index in [4.69, 9.17) is 0 Å². The van der Waals surface area contributed by atoms with Gasteiger partial charge in [-0.05, 0) is 57.3 Å². The van der Waals surface area contributed by atoms with Crippen molar-refractivity contribution in [2.45, 2.75) is 70.9 Å². The van der Waals surface area contributed by atoms with Gasteiger partial charge in [-0.2, -0.15) is 0 Å². The molecule has 0 spiro atoms. The van der Waals surface area contributed by atoms with Crippen LogP contribution in [0.2, 0.25) is 0 Å². The summed E-state index contributed by atoms with van der Waals surface area (Å²) in [4.78, 5) is 27.0. The van der Waals surface area contributed by atoms with Gasteiger partial charge in [-0.1, -0.05) is 13.3 Å². The van der Waals surface area contributed by atoms with E-state index in [1.165, 1.54) is 19.3 Å². The van der Waals surface area contributed by atoms with Crippen LogP contribution in [0.3, 0.4) is 0 Å². The fraction of sp³-hybridized carbons (Fsp3) is 0.875. The first-order valence-electron chi connectivity index (χ1n) is 8.05. The van der Waals surface area contributed by atoms with E-state index in [9.17, 15) is 9.59 Å². The third kappa shape index (κ3) is 2.13. The maximum Gasteiger partial charge on any atom is 0.249 e. The molecule has 0 aromatic heterocycles. The lowest BCUT2D eigenvalue weighted by Gasteiger charge is -2.45. The van der Waals surface area contributed by atoms with Crippen LogP contribution in [-0.4, -0.2) is 34.8 Å². The molecule has 0 radical (unpaired) electrons. The molecule has 3 rings (SSSR count). The van der Waals surface area contributed by atoms with Crippen molar-refractivity contribution < 1.29 is 9.59 Å². The molecule has 2 unspecified atom stereocenters. The van der Waals surface area contributed by atoms with Gasteiger partial charge in [0.05, 0.1) is 0 Å². The summed E-state index contributed by atoms with van der Waals surface area (Å²) >= 11 is 0. The number of carbonyl (C=O) groups excluding carboxylic acids is 2. The first-order chi connectivity index (χ1) is 9.42. The fourth-order valence-electron chi connectivity index (χ4n) is 3.73. The molecule has 1 saturated heterocycles. The Morgan fingerprint density at radius 1 is 1.30 bits per heavy atom. The Labute approximate surface area is 121 Å².